The van der Waals surface area contributed by atoms with Crippen molar-refractivity contribution in [2.75, 3.05) is 0 Å². The van der Waals surface area contributed by atoms with Crippen molar-refractivity contribution in [1.29, 1.82) is 0 Å². The van der Waals surface area contributed by atoms with E-state index in [9.17, 15) is 19.3 Å². The Morgan fingerprint density at radius 3 is 2.50 bits per heavy atom. The number of amides is 1. The molecule has 1 aromatic rings. The summed E-state index contributed by atoms with van der Waals surface area (Å²) in [6, 6.07) is 8.27. The van der Waals surface area contributed by atoms with E-state index in [4.69, 9.17) is 0 Å². The first-order chi connectivity index (χ1) is 10.3. The third-order valence-corrected chi connectivity index (χ3v) is 7.49. The van der Waals surface area contributed by atoms with Crippen LogP contribution in [0.4, 0.5) is 0 Å². The monoisotopic (exact) mass is 322 g/mol. The first kappa shape index (κ1) is 15.3. The van der Waals surface area contributed by atoms with Crippen LogP contribution in [0.2, 0.25) is 0 Å². The predicted octanol–water partition coefficient (Wildman–Crippen LogP) is 1.93. The zero-order valence-electron chi connectivity index (χ0n) is 12.4. The number of carbonyl (C=O) groups excluding carboxylic acids is 1. The van der Waals surface area contributed by atoms with Gasteiger partial charge in [-0.25, -0.2) is 9.88 Å². The summed E-state index contributed by atoms with van der Waals surface area (Å²) in [6.45, 7) is 3.79. The van der Waals surface area contributed by atoms with Gasteiger partial charge in [0.2, 0.25) is 0 Å². The van der Waals surface area contributed by atoms with E-state index in [1.165, 1.54) is 0 Å². The second-order valence-corrected chi connectivity index (χ2v) is 9.10. The molecule has 3 N–H and O–H groups in total. The van der Waals surface area contributed by atoms with Crippen LogP contribution < -0.4 is 10.4 Å². The van der Waals surface area contributed by atoms with Gasteiger partial charge in [0.25, 0.3) is 5.91 Å². The first-order valence-corrected chi connectivity index (χ1v) is 9.08. The molecule has 2 saturated heterocycles. The van der Waals surface area contributed by atoms with Gasteiger partial charge in [-0.05, 0) is 17.9 Å². The molecule has 4 atom stereocenters. The maximum Gasteiger partial charge on any atom is 0.326 e. The van der Waals surface area contributed by atoms with E-state index < -0.39 is 30.5 Å². The van der Waals surface area contributed by atoms with Gasteiger partial charge in [-0.15, -0.1) is 0 Å². The third-order valence-electron chi connectivity index (χ3n) is 4.27. The van der Waals surface area contributed by atoms with Crippen LogP contribution in [0.1, 0.15) is 31.5 Å². The second kappa shape index (κ2) is 4.93. The SMILES string of the molecule is CC(C)C[C@H](NC(=O)[C@]12NP1(=O)C2c1ccccc1)C(=O)O. The van der Waals surface area contributed by atoms with Crippen LogP contribution in [0.3, 0.4) is 0 Å². The molecule has 0 spiro atoms. The Morgan fingerprint density at radius 2 is 2.00 bits per heavy atom. The maximum absolute atomic E-state index is 12.5. The first-order valence-electron chi connectivity index (χ1n) is 7.31. The largest absolute Gasteiger partial charge is 0.480 e. The highest BCUT2D eigenvalue weighted by atomic mass is 31.2. The quantitative estimate of drug-likeness (QED) is 0.548. The standard InChI is InChI=1S/C15H19N2O4P/c1-9(2)8-11(13(18)19)16-14(20)15-12(22(15,21)17-15)10-6-4-3-5-7-10/h3-7,9,11-12H,8H2,1-2H3,(H,16,20)(H,17,21)(H,18,19)/t11-,12?,15+,22?/m0/s1. The van der Waals surface area contributed by atoms with E-state index in [0.29, 0.717) is 6.42 Å². The number of rotatable bonds is 6. The van der Waals surface area contributed by atoms with Gasteiger partial charge in [0.05, 0.1) is 5.66 Å². The predicted molar refractivity (Wildman–Crippen MR) is 81.7 cm³/mol. The molecule has 2 heterocycles. The molecule has 7 heteroatoms. The molecule has 0 radical (unpaired) electrons. The van der Waals surface area contributed by atoms with Gasteiger partial charge in [0.1, 0.15) is 6.04 Å². The minimum atomic E-state index is -2.72. The maximum atomic E-state index is 12.5. The van der Waals surface area contributed by atoms with Crippen LogP contribution >= 0.6 is 7.29 Å². The molecule has 0 aromatic heterocycles. The summed E-state index contributed by atoms with van der Waals surface area (Å²) in [5.74, 6) is -1.38. The fourth-order valence-electron chi connectivity index (χ4n) is 3.06. The van der Waals surface area contributed by atoms with Gasteiger partial charge in [-0.3, -0.25) is 4.79 Å². The van der Waals surface area contributed by atoms with Crippen molar-refractivity contribution in [2.24, 2.45) is 5.92 Å². The van der Waals surface area contributed by atoms with E-state index in [-0.39, 0.29) is 11.6 Å². The van der Waals surface area contributed by atoms with Crippen molar-refractivity contribution < 1.29 is 19.3 Å². The molecule has 1 aromatic carbocycles. The number of hydrogen-bond acceptors (Lipinski definition) is 3. The molecular weight excluding hydrogens is 303 g/mol. The lowest BCUT2D eigenvalue weighted by atomic mass is 10.0. The molecule has 0 aliphatic carbocycles. The normalized spacial score (nSPS) is 33.0. The summed E-state index contributed by atoms with van der Waals surface area (Å²) in [7, 11) is -2.72. The highest BCUT2D eigenvalue weighted by molar-refractivity contribution is 7.81. The van der Waals surface area contributed by atoms with Crippen molar-refractivity contribution in [3.63, 3.8) is 0 Å². The number of hydrogen-bond donors (Lipinski definition) is 3. The molecule has 0 bridgehead atoms. The Morgan fingerprint density at radius 1 is 1.36 bits per heavy atom. The number of benzene rings is 1. The smallest absolute Gasteiger partial charge is 0.326 e. The van der Waals surface area contributed by atoms with Crippen LogP contribution in [-0.4, -0.2) is 28.3 Å². The van der Waals surface area contributed by atoms with Gasteiger partial charge < -0.3 is 15.0 Å². The van der Waals surface area contributed by atoms with Gasteiger partial charge in [-0.2, -0.15) is 0 Å². The van der Waals surface area contributed by atoms with Crippen LogP contribution in [0.25, 0.3) is 0 Å². The number of aliphatic carboxylic acids is 1. The van der Waals surface area contributed by atoms with Crippen LogP contribution in [0, 0.1) is 5.92 Å². The van der Waals surface area contributed by atoms with E-state index in [1.807, 2.05) is 44.2 Å². The van der Waals surface area contributed by atoms with Gasteiger partial charge in [0.15, 0.2) is 12.6 Å². The average molecular weight is 322 g/mol. The van der Waals surface area contributed by atoms with Crippen molar-refractivity contribution in [1.82, 2.24) is 10.4 Å². The molecule has 6 nitrogen and oxygen atoms in total. The fraction of sp³-hybridized carbons (Fsp3) is 0.467. The summed E-state index contributed by atoms with van der Waals surface area (Å²) in [6.07, 6.45) is 0.345. The lowest BCUT2D eigenvalue weighted by Gasteiger charge is -2.18. The van der Waals surface area contributed by atoms with Crippen LogP contribution in [0.5, 0.6) is 0 Å². The van der Waals surface area contributed by atoms with E-state index >= 15 is 0 Å². The van der Waals surface area contributed by atoms with Gasteiger partial charge in [0, 0.05) is 0 Å². The Kier molecular flexibility index (Phi) is 3.42. The lowest BCUT2D eigenvalue weighted by Crippen LogP contribution is -2.47. The number of carbonyl (C=O) groups is 2. The number of nitrogens with one attached hydrogen (secondary N) is 2. The molecule has 1 amide bonds. The Labute approximate surface area is 128 Å². The molecule has 2 aliphatic heterocycles. The third kappa shape index (κ3) is 2.09. The van der Waals surface area contributed by atoms with E-state index in [2.05, 4.69) is 10.4 Å². The fourth-order valence-corrected chi connectivity index (χ4v) is 6.36. The van der Waals surface area contributed by atoms with Gasteiger partial charge in [-0.1, -0.05) is 44.2 Å². The molecule has 0 saturated carbocycles. The average Bonchev–Trinajstić information content (AvgIpc) is 3.23. The van der Waals surface area contributed by atoms with E-state index in [1.54, 1.807) is 0 Å². The number of carboxylic acid groups (broad SMARTS) is 1. The van der Waals surface area contributed by atoms with Crippen molar-refractivity contribution >= 4 is 19.2 Å². The van der Waals surface area contributed by atoms with Gasteiger partial charge >= 0.3 is 5.97 Å². The molecule has 2 aliphatic rings. The van der Waals surface area contributed by atoms with Crippen LogP contribution in [-0.2, 0) is 14.2 Å². The summed E-state index contributed by atoms with van der Waals surface area (Å²) < 4.78 is 12.5. The highest BCUT2D eigenvalue weighted by Crippen LogP contribution is 3.00. The summed E-state index contributed by atoms with van der Waals surface area (Å²) >= 11 is 0. The summed E-state index contributed by atoms with van der Waals surface area (Å²) in [4.78, 5) is 23.7. The molecule has 2 fully saturated rings. The highest BCUT2D eigenvalue weighted by Gasteiger charge is 2.95. The lowest BCUT2D eigenvalue weighted by molar-refractivity contribution is -0.142. The Bertz CT molecular complexity index is 675. The number of carboxylic acids is 1. The zero-order valence-corrected chi connectivity index (χ0v) is 13.3. The summed E-state index contributed by atoms with van der Waals surface area (Å²) in [5.41, 5.74) is 0.533. The molecule has 2 unspecified atom stereocenters. The summed E-state index contributed by atoms with van der Waals surface area (Å²) in [5, 5.41) is 13.5. The van der Waals surface area contributed by atoms with Crippen molar-refractivity contribution in [3.8, 4) is 0 Å². The van der Waals surface area contributed by atoms with E-state index in [0.717, 1.165) is 5.56 Å². The zero-order chi connectivity index (χ0) is 16.1. The second-order valence-electron chi connectivity index (χ2n) is 6.34. The van der Waals surface area contributed by atoms with Crippen molar-refractivity contribution in [2.45, 2.75) is 37.2 Å². The molecular formula is C15H19N2O4P. The minimum Gasteiger partial charge on any atom is -0.480 e. The molecule has 118 valence electrons. The van der Waals surface area contributed by atoms with Crippen molar-refractivity contribution in [3.05, 3.63) is 35.9 Å². The minimum absolute atomic E-state index is 0.141. The molecule has 3 rings (SSSR count). The topological polar surface area (TPSA) is 105 Å². The number of fused-ring (bicyclic) bond motifs is 1. The Balaban J connectivity index is 1.74. The van der Waals surface area contributed by atoms with Crippen LogP contribution in [0.15, 0.2) is 30.3 Å². The Hall–Kier alpha value is -1.65. The molecule has 22 heavy (non-hydrogen) atoms.